The van der Waals surface area contributed by atoms with Crippen molar-refractivity contribution in [2.75, 3.05) is 7.11 Å². The SMILES string of the molecule is COC(=O)c1cc(-c2ccc(C=C3C(=O)NC(=S)NC3=O)o2)ccc1Cl. The molecule has 0 bridgehead atoms. The molecule has 1 aromatic heterocycles. The summed E-state index contributed by atoms with van der Waals surface area (Å²) in [6.07, 6.45) is 1.30. The zero-order valence-electron chi connectivity index (χ0n) is 13.3. The molecule has 1 fully saturated rings. The fourth-order valence-electron chi connectivity index (χ4n) is 2.28. The van der Waals surface area contributed by atoms with E-state index in [0.29, 0.717) is 11.3 Å². The Morgan fingerprint density at radius 2 is 1.88 bits per heavy atom. The number of amides is 2. The van der Waals surface area contributed by atoms with Crippen molar-refractivity contribution in [3.8, 4) is 11.3 Å². The molecule has 9 heteroatoms. The molecule has 2 aromatic rings. The van der Waals surface area contributed by atoms with Gasteiger partial charge in [0.1, 0.15) is 17.1 Å². The van der Waals surface area contributed by atoms with Gasteiger partial charge in [-0.3, -0.25) is 20.2 Å². The highest BCUT2D eigenvalue weighted by atomic mass is 35.5. The first-order valence-electron chi connectivity index (χ1n) is 7.25. The maximum atomic E-state index is 11.9. The molecule has 0 saturated carbocycles. The Bertz CT molecular complexity index is 957. The average Bonchev–Trinajstić information content (AvgIpc) is 3.06. The maximum Gasteiger partial charge on any atom is 0.339 e. The molecule has 0 aliphatic carbocycles. The summed E-state index contributed by atoms with van der Waals surface area (Å²) in [6, 6.07) is 7.97. The number of methoxy groups -OCH3 is 1. The Balaban J connectivity index is 1.92. The van der Waals surface area contributed by atoms with Gasteiger partial charge in [-0.15, -0.1) is 0 Å². The van der Waals surface area contributed by atoms with Crippen LogP contribution >= 0.6 is 23.8 Å². The standard InChI is InChI=1S/C17H11ClN2O5S/c1-24-16(23)10-6-8(2-4-12(10)18)13-5-3-9(25-13)7-11-14(21)19-17(26)20-15(11)22/h2-7H,1H3,(H2,19,20,21,22,26). The van der Waals surface area contributed by atoms with Crippen LogP contribution in [0.25, 0.3) is 17.4 Å². The predicted molar refractivity (Wildman–Crippen MR) is 97.4 cm³/mol. The second kappa shape index (κ2) is 7.11. The molecule has 7 nitrogen and oxygen atoms in total. The van der Waals surface area contributed by atoms with Gasteiger partial charge < -0.3 is 9.15 Å². The molecule has 132 valence electrons. The molecule has 26 heavy (non-hydrogen) atoms. The Hall–Kier alpha value is -2.97. The van der Waals surface area contributed by atoms with E-state index in [2.05, 4.69) is 15.4 Å². The van der Waals surface area contributed by atoms with Gasteiger partial charge in [0.05, 0.1) is 17.7 Å². The zero-order chi connectivity index (χ0) is 18.8. The van der Waals surface area contributed by atoms with Crippen molar-refractivity contribution in [1.82, 2.24) is 10.6 Å². The molecule has 1 aliphatic heterocycles. The van der Waals surface area contributed by atoms with Crippen LogP contribution < -0.4 is 10.6 Å². The monoisotopic (exact) mass is 390 g/mol. The Labute approximate surface area is 158 Å². The van der Waals surface area contributed by atoms with E-state index < -0.39 is 17.8 Å². The second-order valence-electron chi connectivity index (χ2n) is 5.18. The number of rotatable bonds is 3. The van der Waals surface area contributed by atoms with Crippen LogP contribution in [-0.4, -0.2) is 30.0 Å². The third-order valence-electron chi connectivity index (χ3n) is 3.51. The number of halogens is 1. The van der Waals surface area contributed by atoms with Gasteiger partial charge in [-0.1, -0.05) is 11.6 Å². The lowest BCUT2D eigenvalue weighted by Gasteiger charge is -2.15. The minimum Gasteiger partial charge on any atom is -0.465 e. The summed E-state index contributed by atoms with van der Waals surface area (Å²) in [7, 11) is 1.26. The lowest BCUT2D eigenvalue weighted by molar-refractivity contribution is -0.123. The van der Waals surface area contributed by atoms with E-state index in [-0.39, 0.29) is 27.0 Å². The summed E-state index contributed by atoms with van der Waals surface area (Å²) >= 11 is 10.7. The highest BCUT2D eigenvalue weighted by Gasteiger charge is 2.26. The van der Waals surface area contributed by atoms with Crippen LogP contribution in [0.15, 0.2) is 40.3 Å². The van der Waals surface area contributed by atoms with Crippen molar-refractivity contribution >= 4 is 52.8 Å². The Morgan fingerprint density at radius 1 is 1.19 bits per heavy atom. The maximum absolute atomic E-state index is 11.9. The first-order valence-corrected chi connectivity index (χ1v) is 8.04. The van der Waals surface area contributed by atoms with Gasteiger partial charge in [0.25, 0.3) is 11.8 Å². The van der Waals surface area contributed by atoms with Gasteiger partial charge in [-0.2, -0.15) is 0 Å². The van der Waals surface area contributed by atoms with Crippen LogP contribution in [0.2, 0.25) is 5.02 Å². The molecule has 1 saturated heterocycles. The van der Waals surface area contributed by atoms with E-state index in [0.717, 1.165) is 0 Å². The Kier molecular flexibility index (Phi) is 4.88. The van der Waals surface area contributed by atoms with E-state index in [1.807, 2.05) is 0 Å². The van der Waals surface area contributed by atoms with Gasteiger partial charge >= 0.3 is 5.97 Å². The summed E-state index contributed by atoms with van der Waals surface area (Å²) in [5.74, 6) is -1.10. The van der Waals surface area contributed by atoms with Crippen molar-refractivity contribution in [3.63, 3.8) is 0 Å². The van der Waals surface area contributed by atoms with Gasteiger partial charge in [0.2, 0.25) is 0 Å². The summed E-state index contributed by atoms with van der Waals surface area (Å²) in [5.41, 5.74) is 0.645. The summed E-state index contributed by atoms with van der Waals surface area (Å²) in [6.45, 7) is 0. The van der Waals surface area contributed by atoms with E-state index in [9.17, 15) is 14.4 Å². The van der Waals surface area contributed by atoms with Gasteiger partial charge in [-0.25, -0.2) is 4.79 Å². The lowest BCUT2D eigenvalue weighted by atomic mass is 10.1. The number of furan rings is 1. The van der Waals surface area contributed by atoms with Crippen LogP contribution in [0.5, 0.6) is 0 Å². The molecular weight excluding hydrogens is 380 g/mol. The molecule has 2 N–H and O–H groups in total. The number of hydrogen-bond acceptors (Lipinski definition) is 6. The fraction of sp³-hybridized carbons (Fsp3) is 0.0588. The first kappa shape index (κ1) is 17.8. The molecule has 1 aromatic carbocycles. The third-order valence-corrected chi connectivity index (χ3v) is 4.05. The zero-order valence-corrected chi connectivity index (χ0v) is 14.9. The number of nitrogens with one attached hydrogen (secondary N) is 2. The van der Waals surface area contributed by atoms with Crippen LogP contribution in [-0.2, 0) is 14.3 Å². The molecule has 2 heterocycles. The molecule has 0 atom stereocenters. The fourth-order valence-corrected chi connectivity index (χ4v) is 2.66. The highest BCUT2D eigenvalue weighted by Crippen LogP contribution is 2.28. The summed E-state index contributed by atoms with van der Waals surface area (Å²) < 4.78 is 10.3. The second-order valence-corrected chi connectivity index (χ2v) is 6.00. The van der Waals surface area contributed by atoms with Crippen molar-refractivity contribution < 1.29 is 23.5 Å². The molecule has 3 rings (SSSR count). The molecule has 2 amide bonds. The number of ether oxygens (including phenoxy) is 1. The number of hydrogen-bond donors (Lipinski definition) is 2. The van der Waals surface area contributed by atoms with Crippen LogP contribution in [0.3, 0.4) is 0 Å². The van der Waals surface area contributed by atoms with Crippen LogP contribution in [0.4, 0.5) is 0 Å². The van der Waals surface area contributed by atoms with Crippen molar-refractivity contribution in [2.45, 2.75) is 0 Å². The molecule has 0 radical (unpaired) electrons. The minimum absolute atomic E-state index is 0.0474. The first-order chi connectivity index (χ1) is 12.4. The van der Waals surface area contributed by atoms with Gasteiger partial charge in [0, 0.05) is 5.56 Å². The number of carbonyl (C=O) groups is 3. The normalized spacial score (nSPS) is 13.9. The van der Waals surface area contributed by atoms with Crippen molar-refractivity contribution in [2.24, 2.45) is 0 Å². The average molecular weight is 391 g/mol. The minimum atomic E-state index is -0.615. The largest absolute Gasteiger partial charge is 0.465 e. The third kappa shape index (κ3) is 3.51. The van der Waals surface area contributed by atoms with E-state index in [1.54, 1.807) is 24.3 Å². The molecule has 0 spiro atoms. The van der Waals surface area contributed by atoms with E-state index >= 15 is 0 Å². The number of benzene rings is 1. The summed E-state index contributed by atoms with van der Waals surface area (Å²) in [4.78, 5) is 35.4. The van der Waals surface area contributed by atoms with Crippen LogP contribution in [0, 0.1) is 0 Å². The van der Waals surface area contributed by atoms with Gasteiger partial charge in [-0.05, 0) is 48.6 Å². The number of thiocarbonyl (C=S) groups is 1. The van der Waals surface area contributed by atoms with Crippen LogP contribution in [0.1, 0.15) is 16.1 Å². The van der Waals surface area contributed by atoms with E-state index in [1.165, 1.54) is 19.3 Å². The number of carbonyl (C=O) groups excluding carboxylic acids is 3. The highest BCUT2D eigenvalue weighted by molar-refractivity contribution is 7.80. The molecule has 0 unspecified atom stereocenters. The van der Waals surface area contributed by atoms with Crippen molar-refractivity contribution in [3.05, 3.63) is 52.3 Å². The quantitative estimate of drug-likeness (QED) is 0.361. The smallest absolute Gasteiger partial charge is 0.339 e. The van der Waals surface area contributed by atoms with E-state index in [4.69, 9.17) is 28.2 Å². The van der Waals surface area contributed by atoms with Crippen molar-refractivity contribution in [1.29, 1.82) is 0 Å². The Morgan fingerprint density at radius 3 is 2.54 bits per heavy atom. The predicted octanol–water partition coefficient (Wildman–Crippen LogP) is 2.30. The topological polar surface area (TPSA) is 97.6 Å². The molecule has 1 aliphatic rings. The van der Waals surface area contributed by atoms with Gasteiger partial charge in [0.15, 0.2) is 5.11 Å². The molecular formula is C17H11ClN2O5S. The lowest BCUT2D eigenvalue weighted by Crippen LogP contribution is -2.51. The summed E-state index contributed by atoms with van der Waals surface area (Å²) in [5, 5.41) is 4.87. The number of esters is 1.